The molecule has 0 spiro atoms. The van der Waals surface area contributed by atoms with Crippen LogP contribution >= 0.6 is 0 Å². The SMILES string of the molecule is CCN(CC)CCNC(C(=O)O)c1c(C)n[nH]c1C. The van der Waals surface area contributed by atoms with Gasteiger partial charge in [-0.05, 0) is 26.9 Å². The molecule has 0 amide bonds. The summed E-state index contributed by atoms with van der Waals surface area (Å²) in [5.41, 5.74) is 2.28. The predicted octanol–water partition coefficient (Wildman–Crippen LogP) is 1.08. The molecular formula is C13H24N4O2. The lowest BCUT2D eigenvalue weighted by Gasteiger charge is -2.20. The zero-order valence-electron chi connectivity index (χ0n) is 12.2. The zero-order valence-corrected chi connectivity index (χ0v) is 12.2. The first-order valence-electron chi connectivity index (χ1n) is 6.71. The minimum absolute atomic E-state index is 0.642. The van der Waals surface area contributed by atoms with Crippen LogP contribution in [0.15, 0.2) is 0 Å². The molecule has 1 heterocycles. The molecule has 0 bridgehead atoms. The first-order chi connectivity index (χ1) is 9.01. The Morgan fingerprint density at radius 2 is 2.05 bits per heavy atom. The van der Waals surface area contributed by atoms with Gasteiger partial charge in [0.2, 0.25) is 0 Å². The number of aromatic nitrogens is 2. The Labute approximate surface area is 114 Å². The van der Waals surface area contributed by atoms with Crippen LogP contribution in [0.2, 0.25) is 0 Å². The monoisotopic (exact) mass is 268 g/mol. The van der Waals surface area contributed by atoms with Crippen LogP contribution in [0.25, 0.3) is 0 Å². The molecule has 1 unspecified atom stereocenters. The summed E-state index contributed by atoms with van der Waals surface area (Å²) in [6.45, 7) is 11.3. The highest BCUT2D eigenvalue weighted by Gasteiger charge is 2.24. The molecule has 3 N–H and O–H groups in total. The van der Waals surface area contributed by atoms with Crippen molar-refractivity contribution in [1.82, 2.24) is 20.4 Å². The number of H-pyrrole nitrogens is 1. The lowest BCUT2D eigenvalue weighted by Crippen LogP contribution is -2.36. The van der Waals surface area contributed by atoms with E-state index in [2.05, 4.69) is 34.3 Å². The van der Waals surface area contributed by atoms with Crippen LogP contribution < -0.4 is 5.32 Å². The first kappa shape index (κ1) is 15.7. The van der Waals surface area contributed by atoms with Gasteiger partial charge >= 0.3 is 5.97 Å². The van der Waals surface area contributed by atoms with Gasteiger partial charge in [-0.2, -0.15) is 5.10 Å². The van der Waals surface area contributed by atoms with Crippen LogP contribution in [0.1, 0.15) is 36.8 Å². The molecule has 1 aromatic heterocycles. The van der Waals surface area contributed by atoms with E-state index in [-0.39, 0.29) is 0 Å². The molecule has 1 rings (SSSR count). The second kappa shape index (κ2) is 7.25. The fraction of sp³-hybridized carbons (Fsp3) is 0.692. The van der Waals surface area contributed by atoms with Gasteiger partial charge in [0.1, 0.15) is 6.04 Å². The molecule has 1 aromatic rings. The normalized spacial score (nSPS) is 12.9. The molecule has 6 heteroatoms. The molecule has 108 valence electrons. The number of aliphatic carboxylic acids is 1. The van der Waals surface area contributed by atoms with Gasteiger partial charge in [0.25, 0.3) is 0 Å². The summed E-state index contributed by atoms with van der Waals surface area (Å²) in [7, 11) is 0. The number of rotatable bonds is 8. The summed E-state index contributed by atoms with van der Waals surface area (Å²) < 4.78 is 0. The van der Waals surface area contributed by atoms with Crippen molar-refractivity contribution in [3.8, 4) is 0 Å². The number of hydrogen-bond acceptors (Lipinski definition) is 4. The van der Waals surface area contributed by atoms with E-state index in [4.69, 9.17) is 0 Å². The third-order valence-electron chi connectivity index (χ3n) is 3.39. The van der Waals surface area contributed by atoms with Crippen LogP contribution in [0.3, 0.4) is 0 Å². The summed E-state index contributed by atoms with van der Waals surface area (Å²) in [6, 6.07) is -0.700. The number of carboxylic acids is 1. The highest BCUT2D eigenvalue weighted by Crippen LogP contribution is 2.19. The maximum Gasteiger partial charge on any atom is 0.325 e. The molecule has 19 heavy (non-hydrogen) atoms. The standard InChI is InChI=1S/C13H24N4O2/c1-5-17(6-2)8-7-14-12(13(18)19)11-9(3)15-16-10(11)4/h12,14H,5-8H2,1-4H3,(H,15,16)(H,18,19). The summed E-state index contributed by atoms with van der Waals surface area (Å²) in [5, 5.41) is 19.3. The molecule has 0 saturated carbocycles. The average molecular weight is 268 g/mol. The van der Waals surface area contributed by atoms with E-state index >= 15 is 0 Å². The van der Waals surface area contributed by atoms with Crippen LogP contribution in [-0.2, 0) is 4.79 Å². The van der Waals surface area contributed by atoms with E-state index in [1.54, 1.807) is 0 Å². The number of nitrogens with one attached hydrogen (secondary N) is 2. The summed E-state index contributed by atoms with van der Waals surface area (Å²) >= 11 is 0. The first-order valence-corrected chi connectivity index (χ1v) is 6.71. The molecule has 1 atom stereocenters. The fourth-order valence-electron chi connectivity index (χ4n) is 2.20. The Bertz CT molecular complexity index is 393. The third kappa shape index (κ3) is 4.04. The van der Waals surface area contributed by atoms with Gasteiger partial charge in [0.05, 0.1) is 5.69 Å². The van der Waals surface area contributed by atoms with E-state index < -0.39 is 12.0 Å². The lowest BCUT2D eigenvalue weighted by molar-refractivity contribution is -0.139. The van der Waals surface area contributed by atoms with Gasteiger partial charge < -0.3 is 10.0 Å². The van der Waals surface area contributed by atoms with Gasteiger partial charge in [0, 0.05) is 24.3 Å². The topological polar surface area (TPSA) is 81.2 Å². The van der Waals surface area contributed by atoms with Gasteiger partial charge in [-0.25, -0.2) is 0 Å². The van der Waals surface area contributed by atoms with E-state index in [1.165, 1.54) is 0 Å². The van der Waals surface area contributed by atoms with E-state index in [9.17, 15) is 9.90 Å². The highest BCUT2D eigenvalue weighted by molar-refractivity contribution is 5.76. The van der Waals surface area contributed by atoms with Gasteiger partial charge in [-0.1, -0.05) is 13.8 Å². The van der Waals surface area contributed by atoms with E-state index in [0.29, 0.717) is 6.54 Å². The minimum atomic E-state index is -0.868. The molecular weight excluding hydrogens is 244 g/mol. The van der Waals surface area contributed by atoms with Crippen molar-refractivity contribution in [1.29, 1.82) is 0 Å². The van der Waals surface area contributed by atoms with Crippen LogP contribution in [-0.4, -0.2) is 52.4 Å². The Morgan fingerprint density at radius 1 is 1.42 bits per heavy atom. The summed E-state index contributed by atoms with van der Waals surface area (Å²) in [4.78, 5) is 13.7. The fourth-order valence-corrected chi connectivity index (χ4v) is 2.20. The zero-order chi connectivity index (χ0) is 14.4. The number of hydrogen-bond donors (Lipinski definition) is 3. The molecule has 0 radical (unpaired) electrons. The van der Waals surface area contributed by atoms with Crippen LogP contribution in [0, 0.1) is 13.8 Å². The molecule has 6 nitrogen and oxygen atoms in total. The van der Waals surface area contributed by atoms with Crippen molar-refractivity contribution < 1.29 is 9.90 Å². The van der Waals surface area contributed by atoms with Crippen molar-refractivity contribution in [3.05, 3.63) is 17.0 Å². The molecule has 0 fully saturated rings. The smallest absolute Gasteiger partial charge is 0.325 e. The van der Waals surface area contributed by atoms with Crippen molar-refractivity contribution >= 4 is 5.97 Å². The third-order valence-corrected chi connectivity index (χ3v) is 3.39. The molecule has 0 saturated heterocycles. The minimum Gasteiger partial charge on any atom is -0.480 e. The number of carboxylic acid groups (broad SMARTS) is 1. The molecule has 0 aromatic carbocycles. The number of aryl methyl sites for hydroxylation is 2. The van der Waals surface area contributed by atoms with Crippen molar-refractivity contribution in [3.63, 3.8) is 0 Å². The van der Waals surface area contributed by atoms with E-state index in [1.807, 2.05) is 13.8 Å². The highest BCUT2D eigenvalue weighted by atomic mass is 16.4. The van der Waals surface area contributed by atoms with Gasteiger partial charge in [-0.3, -0.25) is 15.2 Å². The Hall–Kier alpha value is -1.40. The second-order valence-electron chi connectivity index (χ2n) is 4.60. The van der Waals surface area contributed by atoms with E-state index in [0.717, 1.165) is 36.6 Å². The number of likely N-dealkylation sites (N-methyl/N-ethyl adjacent to an activating group) is 1. The van der Waals surface area contributed by atoms with Gasteiger partial charge in [0.15, 0.2) is 0 Å². The lowest BCUT2D eigenvalue weighted by atomic mass is 10.1. The maximum atomic E-state index is 11.4. The van der Waals surface area contributed by atoms with Crippen LogP contribution in [0.4, 0.5) is 0 Å². The molecule has 0 aliphatic heterocycles. The van der Waals surface area contributed by atoms with Crippen molar-refractivity contribution in [2.45, 2.75) is 33.7 Å². The maximum absolute atomic E-state index is 11.4. The summed E-state index contributed by atoms with van der Waals surface area (Å²) in [5.74, 6) is -0.868. The quantitative estimate of drug-likeness (QED) is 0.657. The Balaban J connectivity index is 2.67. The number of aromatic amines is 1. The molecule has 0 aliphatic carbocycles. The predicted molar refractivity (Wildman–Crippen MR) is 74.2 cm³/mol. The van der Waals surface area contributed by atoms with Crippen LogP contribution in [0.5, 0.6) is 0 Å². The van der Waals surface area contributed by atoms with Crippen molar-refractivity contribution in [2.24, 2.45) is 0 Å². The second-order valence-corrected chi connectivity index (χ2v) is 4.60. The van der Waals surface area contributed by atoms with Crippen molar-refractivity contribution in [2.75, 3.05) is 26.2 Å². The Morgan fingerprint density at radius 3 is 2.47 bits per heavy atom. The average Bonchev–Trinajstić information content (AvgIpc) is 2.70. The largest absolute Gasteiger partial charge is 0.480 e. The number of carbonyl (C=O) groups is 1. The summed E-state index contributed by atoms with van der Waals surface area (Å²) in [6.07, 6.45) is 0. The number of nitrogens with zero attached hydrogens (tertiary/aromatic N) is 2. The molecule has 0 aliphatic rings. The Kier molecular flexibility index (Phi) is 5.98. The van der Waals surface area contributed by atoms with Gasteiger partial charge in [-0.15, -0.1) is 0 Å².